The highest BCUT2D eigenvalue weighted by Gasteiger charge is 2.23. The molecule has 0 aromatic carbocycles. The minimum absolute atomic E-state index is 0.816. The molecule has 0 fully saturated rings. The van der Waals surface area contributed by atoms with Crippen molar-refractivity contribution in [2.24, 2.45) is 35.5 Å². The van der Waals surface area contributed by atoms with Crippen LogP contribution in [0.5, 0.6) is 0 Å². The summed E-state index contributed by atoms with van der Waals surface area (Å²) >= 11 is 0. The molecule has 0 aliphatic heterocycles. The largest absolute Gasteiger partial charge is 0.0625 e. The Kier molecular flexibility index (Phi) is 6.55. The van der Waals surface area contributed by atoms with Crippen molar-refractivity contribution in [3.05, 3.63) is 0 Å². The standard InChI is InChI=1S/C15H32/c1-10(2)12(5)9-13(6)15(8)14(7)11(3)4/h10-15H,9H2,1-8H3. The molecule has 0 N–H and O–H groups in total. The molecule has 0 heterocycles. The molecule has 0 spiro atoms. The van der Waals surface area contributed by atoms with Crippen LogP contribution in [-0.2, 0) is 0 Å². The van der Waals surface area contributed by atoms with E-state index in [0.717, 1.165) is 35.5 Å². The summed E-state index contributed by atoms with van der Waals surface area (Å²) in [6, 6.07) is 0. The van der Waals surface area contributed by atoms with Crippen molar-refractivity contribution < 1.29 is 0 Å². The maximum absolute atomic E-state index is 2.43. The molecular formula is C15H32. The van der Waals surface area contributed by atoms with Crippen molar-refractivity contribution in [2.45, 2.75) is 61.8 Å². The topological polar surface area (TPSA) is 0 Å². The van der Waals surface area contributed by atoms with Crippen LogP contribution in [0.1, 0.15) is 61.8 Å². The molecule has 0 saturated carbocycles. The highest BCUT2D eigenvalue weighted by atomic mass is 14.3. The average molecular weight is 212 g/mol. The van der Waals surface area contributed by atoms with Crippen LogP contribution in [-0.4, -0.2) is 0 Å². The second kappa shape index (κ2) is 6.55. The predicted molar refractivity (Wildman–Crippen MR) is 70.9 cm³/mol. The van der Waals surface area contributed by atoms with Crippen LogP contribution in [0.25, 0.3) is 0 Å². The maximum Gasteiger partial charge on any atom is -0.0389 e. The zero-order valence-corrected chi connectivity index (χ0v) is 12.2. The van der Waals surface area contributed by atoms with E-state index in [-0.39, 0.29) is 0 Å². The van der Waals surface area contributed by atoms with Gasteiger partial charge in [0.25, 0.3) is 0 Å². The van der Waals surface area contributed by atoms with E-state index < -0.39 is 0 Å². The fourth-order valence-electron chi connectivity index (χ4n) is 2.20. The molecule has 4 unspecified atom stereocenters. The first-order chi connectivity index (χ1) is 6.77. The third kappa shape index (κ3) is 5.04. The van der Waals surface area contributed by atoms with Gasteiger partial charge in [-0.1, -0.05) is 55.4 Å². The molecule has 15 heavy (non-hydrogen) atoms. The zero-order valence-electron chi connectivity index (χ0n) is 12.2. The monoisotopic (exact) mass is 212 g/mol. The van der Waals surface area contributed by atoms with Gasteiger partial charge in [-0.25, -0.2) is 0 Å². The van der Waals surface area contributed by atoms with E-state index in [0.29, 0.717) is 0 Å². The summed E-state index contributed by atoms with van der Waals surface area (Å²) in [7, 11) is 0. The average Bonchev–Trinajstić information content (AvgIpc) is 2.14. The van der Waals surface area contributed by atoms with Gasteiger partial charge in [-0.05, 0) is 41.9 Å². The van der Waals surface area contributed by atoms with Crippen LogP contribution in [0.3, 0.4) is 0 Å². The van der Waals surface area contributed by atoms with Crippen molar-refractivity contribution in [3.63, 3.8) is 0 Å². The van der Waals surface area contributed by atoms with Crippen molar-refractivity contribution in [3.8, 4) is 0 Å². The van der Waals surface area contributed by atoms with E-state index >= 15 is 0 Å². The van der Waals surface area contributed by atoms with Crippen LogP contribution in [0.15, 0.2) is 0 Å². The first-order valence-electron chi connectivity index (χ1n) is 6.77. The first-order valence-corrected chi connectivity index (χ1v) is 6.77. The number of hydrogen-bond donors (Lipinski definition) is 0. The van der Waals surface area contributed by atoms with Crippen molar-refractivity contribution >= 4 is 0 Å². The lowest BCUT2D eigenvalue weighted by Crippen LogP contribution is -2.23. The zero-order chi connectivity index (χ0) is 12.2. The molecule has 92 valence electrons. The molecule has 0 aromatic heterocycles. The van der Waals surface area contributed by atoms with Gasteiger partial charge in [-0.15, -0.1) is 0 Å². The highest BCUT2D eigenvalue weighted by molar-refractivity contribution is 4.73. The number of rotatable bonds is 6. The molecule has 0 bridgehead atoms. The summed E-state index contributed by atoms with van der Waals surface area (Å²) in [4.78, 5) is 0. The Balaban J connectivity index is 4.14. The van der Waals surface area contributed by atoms with Gasteiger partial charge < -0.3 is 0 Å². The van der Waals surface area contributed by atoms with Gasteiger partial charge in [-0.3, -0.25) is 0 Å². The number of hydrogen-bond acceptors (Lipinski definition) is 0. The lowest BCUT2D eigenvalue weighted by Gasteiger charge is -2.31. The van der Waals surface area contributed by atoms with Gasteiger partial charge in [0, 0.05) is 0 Å². The first kappa shape index (κ1) is 15.0. The molecule has 0 aliphatic rings. The molecule has 0 nitrogen and oxygen atoms in total. The van der Waals surface area contributed by atoms with Crippen molar-refractivity contribution in [1.29, 1.82) is 0 Å². The normalized spacial score (nSPS) is 20.4. The predicted octanol–water partition coefficient (Wildman–Crippen LogP) is 5.23. The molecule has 0 heteroatoms. The van der Waals surface area contributed by atoms with E-state index in [1.54, 1.807) is 0 Å². The Bertz CT molecular complexity index is 157. The second-order valence-corrected chi connectivity index (χ2v) is 6.40. The lowest BCUT2D eigenvalue weighted by atomic mass is 9.75. The van der Waals surface area contributed by atoms with Crippen molar-refractivity contribution in [2.75, 3.05) is 0 Å². The van der Waals surface area contributed by atoms with E-state index in [1.165, 1.54) is 6.42 Å². The minimum Gasteiger partial charge on any atom is -0.0625 e. The van der Waals surface area contributed by atoms with Crippen LogP contribution in [0.2, 0.25) is 0 Å². The molecular weight excluding hydrogens is 180 g/mol. The molecule has 0 rings (SSSR count). The fraction of sp³-hybridized carbons (Fsp3) is 1.00. The van der Waals surface area contributed by atoms with Crippen LogP contribution in [0, 0.1) is 35.5 Å². The van der Waals surface area contributed by atoms with Gasteiger partial charge >= 0.3 is 0 Å². The van der Waals surface area contributed by atoms with Crippen LogP contribution < -0.4 is 0 Å². The molecule has 0 aliphatic carbocycles. The Morgan fingerprint density at radius 1 is 0.533 bits per heavy atom. The third-order valence-electron chi connectivity index (χ3n) is 4.66. The molecule has 0 saturated heterocycles. The smallest absolute Gasteiger partial charge is 0.0389 e. The molecule has 0 aromatic rings. The molecule has 0 amide bonds. The van der Waals surface area contributed by atoms with Gasteiger partial charge in [-0.2, -0.15) is 0 Å². The molecule has 4 atom stereocenters. The maximum atomic E-state index is 2.43. The second-order valence-electron chi connectivity index (χ2n) is 6.40. The Morgan fingerprint density at radius 2 is 1.00 bits per heavy atom. The van der Waals surface area contributed by atoms with E-state index in [9.17, 15) is 0 Å². The van der Waals surface area contributed by atoms with Gasteiger partial charge in [0.2, 0.25) is 0 Å². The summed E-state index contributed by atoms with van der Waals surface area (Å²) < 4.78 is 0. The fourth-order valence-corrected chi connectivity index (χ4v) is 2.20. The Morgan fingerprint density at radius 3 is 1.33 bits per heavy atom. The van der Waals surface area contributed by atoms with Crippen molar-refractivity contribution in [1.82, 2.24) is 0 Å². The summed E-state index contributed by atoms with van der Waals surface area (Å²) in [5.41, 5.74) is 0. The summed E-state index contributed by atoms with van der Waals surface area (Å²) in [5, 5.41) is 0. The van der Waals surface area contributed by atoms with Gasteiger partial charge in [0.1, 0.15) is 0 Å². The Labute approximate surface area is 97.8 Å². The Hall–Kier alpha value is 0. The van der Waals surface area contributed by atoms with E-state index in [2.05, 4.69) is 55.4 Å². The van der Waals surface area contributed by atoms with E-state index in [4.69, 9.17) is 0 Å². The van der Waals surface area contributed by atoms with Gasteiger partial charge in [0.05, 0.1) is 0 Å². The van der Waals surface area contributed by atoms with Crippen LogP contribution >= 0.6 is 0 Å². The van der Waals surface area contributed by atoms with Gasteiger partial charge in [0.15, 0.2) is 0 Å². The SMILES string of the molecule is CC(C)C(C)CC(C)C(C)C(C)C(C)C. The highest BCUT2D eigenvalue weighted by Crippen LogP contribution is 2.31. The lowest BCUT2D eigenvalue weighted by molar-refractivity contribution is 0.186. The summed E-state index contributed by atoms with van der Waals surface area (Å²) in [6.45, 7) is 19.0. The quantitative estimate of drug-likeness (QED) is 0.565. The molecule has 0 radical (unpaired) electrons. The van der Waals surface area contributed by atoms with Crippen LogP contribution in [0.4, 0.5) is 0 Å². The summed E-state index contributed by atoms with van der Waals surface area (Å²) in [5.74, 6) is 5.07. The summed E-state index contributed by atoms with van der Waals surface area (Å²) in [6.07, 6.45) is 1.38. The third-order valence-corrected chi connectivity index (χ3v) is 4.66. The minimum atomic E-state index is 0.816. The van der Waals surface area contributed by atoms with E-state index in [1.807, 2.05) is 0 Å².